The van der Waals surface area contributed by atoms with Crippen molar-refractivity contribution in [3.8, 4) is 5.75 Å². The quantitative estimate of drug-likeness (QED) is 0.814. The van der Waals surface area contributed by atoms with Crippen LogP contribution in [0.5, 0.6) is 5.75 Å². The summed E-state index contributed by atoms with van der Waals surface area (Å²) in [4.78, 5) is 2.35. The van der Waals surface area contributed by atoms with E-state index in [2.05, 4.69) is 36.1 Å². The van der Waals surface area contributed by atoms with Gasteiger partial charge in [0.2, 0.25) is 0 Å². The highest BCUT2D eigenvalue weighted by Crippen LogP contribution is 2.29. The molecule has 0 amide bonds. The van der Waals surface area contributed by atoms with Crippen molar-refractivity contribution < 1.29 is 9.84 Å². The lowest BCUT2D eigenvalue weighted by molar-refractivity contribution is 0.0563. The molecule has 0 saturated carbocycles. The van der Waals surface area contributed by atoms with E-state index < -0.39 is 6.10 Å². The molecule has 1 N–H and O–H groups in total. The molecule has 1 aliphatic carbocycles. The summed E-state index contributed by atoms with van der Waals surface area (Å²) in [6, 6.07) is 8.34. The zero-order valence-electron chi connectivity index (χ0n) is 14.2. The Hall–Kier alpha value is -1.32. The van der Waals surface area contributed by atoms with E-state index in [9.17, 15) is 5.11 Å². The molecule has 126 valence electrons. The Balaban J connectivity index is 1.41. The Labute approximate surface area is 140 Å². The summed E-state index contributed by atoms with van der Waals surface area (Å²) < 4.78 is 5.75. The van der Waals surface area contributed by atoms with Gasteiger partial charge in [0.15, 0.2) is 0 Å². The molecule has 0 unspecified atom stereocenters. The normalized spacial score (nSPS) is 24.0. The molecule has 2 atom stereocenters. The summed E-state index contributed by atoms with van der Waals surface area (Å²) in [5, 5.41) is 10.2. The molecule has 3 nitrogen and oxygen atoms in total. The third-order valence-corrected chi connectivity index (χ3v) is 5.11. The minimum atomic E-state index is -0.416. The van der Waals surface area contributed by atoms with Gasteiger partial charge in [-0.2, -0.15) is 0 Å². The SMILES string of the molecule is CC1CCN(C[C@H](O)COc2ccc([C@H]3C=CCC3)cc2)CC1. The second kappa shape index (κ2) is 7.98. The van der Waals surface area contributed by atoms with Gasteiger partial charge in [0.05, 0.1) is 0 Å². The molecule has 2 aliphatic rings. The molecular weight excluding hydrogens is 286 g/mol. The first-order chi connectivity index (χ1) is 11.2. The minimum absolute atomic E-state index is 0.370. The van der Waals surface area contributed by atoms with Crippen molar-refractivity contribution in [1.82, 2.24) is 4.90 Å². The summed E-state index contributed by atoms with van der Waals surface area (Å²) in [6.07, 6.45) is 9.01. The van der Waals surface area contributed by atoms with Crippen LogP contribution in [0.3, 0.4) is 0 Å². The molecule has 1 heterocycles. The first kappa shape index (κ1) is 16.5. The summed E-state index contributed by atoms with van der Waals surface area (Å²) in [5.41, 5.74) is 1.36. The number of β-amino-alcohol motifs (C(OH)–C–C–N with tert-alkyl or cyclic N) is 1. The lowest BCUT2D eigenvalue weighted by Gasteiger charge is -2.31. The first-order valence-corrected chi connectivity index (χ1v) is 9.00. The van der Waals surface area contributed by atoms with Crippen LogP contribution in [0.1, 0.15) is 44.1 Å². The van der Waals surface area contributed by atoms with Crippen LogP contribution < -0.4 is 4.74 Å². The molecule has 3 rings (SSSR count). The maximum atomic E-state index is 10.2. The summed E-state index contributed by atoms with van der Waals surface area (Å²) in [6.45, 7) is 5.60. The highest BCUT2D eigenvalue weighted by Gasteiger charge is 2.18. The third kappa shape index (κ3) is 4.82. The Kier molecular flexibility index (Phi) is 5.74. The Morgan fingerprint density at radius 1 is 1.17 bits per heavy atom. The molecule has 1 aliphatic heterocycles. The molecule has 1 saturated heterocycles. The van der Waals surface area contributed by atoms with Crippen LogP contribution in [0.4, 0.5) is 0 Å². The van der Waals surface area contributed by atoms with Gasteiger partial charge in [-0.1, -0.05) is 31.2 Å². The fourth-order valence-corrected chi connectivity index (χ4v) is 3.51. The van der Waals surface area contributed by atoms with Gasteiger partial charge in [0.1, 0.15) is 18.5 Å². The van der Waals surface area contributed by atoms with Crippen LogP contribution in [0.15, 0.2) is 36.4 Å². The van der Waals surface area contributed by atoms with Crippen LogP contribution in [0.25, 0.3) is 0 Å². The van der Waals surface area contributed by atoms with Gasteiger partial charge >= 0.3 is 0 Å². The predicted molar refractivity (Wildman–Crippen MR) is 93.9 cm³/mol. The second-order valence-electron chi connectivity index (χ2n) is 7.13. The Morgan fingerprint density at radius 3 is 2.57 bits per heavy atom. The molecule has 0 bridgehead atoms. The molecule has 3 heteroatoms. The smallest absolute Gasteiger partial charge is 0.119 e. The number of hydrogen-bond acceptors (Lipinski definition) is 3. The van der Waals surface area contributed by atoms with Gasteiger partial charge in [-0.05, 0) is 62.4 Å². The van der Waals surface area contributed by atoms with Crippen LogP contribution >= 0.6 is 0 Å². The van der Waals surface area contributed by atoms with E-state index in [1.165, 1.54) is 31.2 Å². The number of piperidine rings is 1. The number of benzene rings is 1. The van der Waals surface area contributed by atoms with Gasteiger partial charge in [-0.15, -0.1) is 0 Å². The molecule has 1 aromatic carbocycles. The average Bonchev–Trinajstić information content (AvgIpc) is 3.10. The monoisotopic (exact) mass is 315 g/mol. The number of nitrogens with zero attached hydrogens (tertiary/aromatic N) is 1. The number of ether oxygens (including phenoxy) is 1. The van der Waals surface area contributed by atoms with Gasteiger partial charge in [-0.25, -0.2) is 0 Å². The molecule has 0 aromatic heterocycles. The van der Waals surface area contributed by atoms with Crippen molar-refractivity contribution in [3.63, 3.8) is 0 Å². The summed E-state index contributed by atoms with van der Waals surface area (Å²) in [5.74, 6) is 2.24. The largest absolute Gasteiger partial charge is 0.491 e. The number of rotatable bonds is 6. The van der Waals surface area contributed by atoms with E-state index in [4.69, 9.17) is 4.74 Å². The number of aliphatic hydroxyl groups is 1. The van der Waals surface area contributed by atoms with Gasteiger partial charge in [-0.3, -0.25) is 0 Å². The fraction of sp³-hybridized carbons (Fsp3) is 0.600. The fourth-order valence-electron chi connectivity index (χ4n) is 3.51. The van der Waals surface area contributed by atoms with Crippen LogP contribution in [-0.2, 0) is 0 Å². The van der Waals surface area contributed by atoms with Gasteiger partial charge in [0, 0.05) is 12.5 Å². The van der Waals surface area contributed by atoms with E-state index in [-0.39, 0.29) is 0 Å². The third-order valence-electron chi connectivity index (χ3n) is 5.11. The van der Waals surface area contributed by atoms with Crippen LogP contribution in [0.2, 0.25) is 0 Å². The summed E-state index contributed by atoms with van der Waals surface area (Å²) >= 11 is 0. The number of likely N-dealkylation sites (tertiary alicyclic amines) is 1. The minimum Gasteiger partial charge on any atom is -0.491 e. The number of hydrogen-bond donors (Lipinski definition) is 1. The molecule has 23 heavy (non-hydrogen) atoms. The van der Waals surface area contributed by atoms with Crippen molar-refractivity contribution >= 4 is 0 Å². The van der Waals surface area contributed by atoms with Crippen LogP contribution in [-0.4, -0.2) is 42.4 Å². The molecular formula is C20H29NO2. The van der Waals surface area contributed by atoms with Crippen molar-refractivity contribution in [1.29, 1.82) is 0 Å². The lowest BCUT2D eigenvalue weighted by atomic mass is 9.99. The highest BCUT2D eigenvalue weighted by molar-refractivity contribution is 5.32. The molecule has 1 fully saturated rings. The zero-order chi connectivity index (χ0) is 16.1. The maximum Gasteiger partial charge on any atom is 0.119 e. The van der Waals surface area contributed by atoms with Gasteiger partial charge < -0.3 is 14.7 Å². The predicted octanol–water partition coefficient (Wildman–Crippen LogP) is 3.59. The Morgan fingerprint density at radius 2 is 1.91 bits per heavy atom. The molecule has 1 aromatic rings. The Bertz CT molecular complexity index is 503. The maximum absolute atomic E-state index is 10.2. The highest BCUT2D eigenvalue weighted by atomic mass is 16.5. The molecule has 0 radical (unpaired) electrons. The topological polar surface area (TPSA) is 32.7 Å². The standard InChI is InChI=1S/C20H29NO2/c1-16-10-12-21(13-11-16)14-19(22)15-23-20-8-6-18(7-9-20)17-4-2-3-5-17/h2,4,6-9,16-17,19,22H,3,5,10-15H2,1H3/t17-,19-/m0/s1. The van der Waals surface area contributed by atoms with Gasteiger partial charge in [0.25, 0.3) is 0 Å². The van der Waals surface area contributed by atoms with E-state index in [1.54, 1.807) is 0 Å². The average molecular weight is 315 g/mol. The van der Waals surface area contributed by atoms with E-state index in [0.29, 0.717) is 12.5 Å². The van der Waals surface area contributed by atoms with Crippen LogP contribution in [0, 0.1) is 5.92 Å². The summed E-state index contributed by atoms with van der Waals surface area (Å²) in [7, 11) is 0. The zero-order valence-corrected chi connectivity index (χ0v) is 14.2. The van der Waals surface area contributed by atoms with E-state index >= 15 is 0 Å². The molecule has 0 spiro atoms. The van der Waals surface area contributed by atoms with E-state index in [0.717, 1.165) is 31.3 Å². The van der Waals surface area contributed by atoms with Crippen molar-refractivity contribution in [2.24, 2.45) is 5.92 Å². The van der Waals surface area contributed by atoms with Crippen molar-refractivity contribution in [3.05, 3.63) is 42.0 Å². The van der Waals surface area contributed by atoms with Crippen molar-refractivity contribution in [2.75, 3.05) is 26.2 Å². The number of allylic oxidation sites excluding steroid dienone is 2. The number of aliphatic hydroxyl groups excluding tert-OH is 1. The first-order valence-electron chi connectivity index (χ1n) is 9.00. The van der Waals surface area contributed by atoms with Crippen molar-refractivity contribution in [2.45, 2.75) is 44.6 Å². The van der Waals surface area contributed by atoms with E-state index in [1.807, 2.05) is 12.1 Å². The lowest BCUT2D eigenvalue weighted by Crippen LogP contribution is -2.40. The second-order valence-corrected chi connectivity index (χ2v) is 7.13.